The fourth-order valence-electron chi connectivity index (χ4n) is 2.36. The number of likely N-dealkylation sites (N-methyl/N-ethyl adjacent to an activating group) is 1. The Morgan fingerprint density at radius 3 is 2.64 bits per heavy atom. The number of para-hydroxylation sites is 1. The highest BCUT2D eigenvalue weighted by Crippen LogP contribution is 2.16. The van der Waals surface area contributed by atoms with Gasteiger partial charge in [0.15, 0.2) is 0 Å². The molecule has 0 fully saturated rings. The summed E-state index contributed by atoms with van der Waals surface area (Å²) in [4.78, 5) is 14.2. The zero-order valence-electron chi connectivity index (χ0n) is 13.0. The average Bonchev–Trinajstić information content (AvgIpc) is 2.52. The molecule has 0 aliphatic rings. The first-order valence-electron chi connectivity index (χ1n) is 7.49. The number of anilines is 1. The molecule has 4 heteroatoms. The summed E-state index contributed by atoms with van der Waals surface area (Å²) in [6, 6.07) is 14.9. The predicted molar refractivity (Wildman–Crippen MR) is 89.5 cm³/mol. The number of nitrogens with zero attached hydrogens (tertiary/aromatic N) is 1. The van der Waals surface area contributed by atoms with Crippen molar-refractivity contribution in [1.29, 1.82) is 0 Å². The van der Waals surface area contributed by atoms with Crippen molar-refractivity contribution in [3.8, 4) is 5.75 Å². The zero-order chi connectivity index (χ0) is 15.9. The van der Waals surface area contributed by atoms with Crippen LogP contribution in [-0.2, 0) is 0 Å². The van der Waals surface area contributed by atoms with Crippen LogP contribution in [0.1, 0.15) is 22.8 Å². The molecule has 2 rings (SSSR count). The van der Waals surface area contributed by atoms with E-state index in [1.165, 1.54) is 11.6 Å². The van der Waals surface area contributed by atoms with Crippen molar-refractivity contribution in [3.63, 3.8) is 0 Å². The average molecular weight is 298 g/mol. The molecule has 0 saturated heterocycles. The lowest BCUT2D eigenvalue weighted by Crippen LogP contribution is -2.35. The summed E-state index contributed by atoms with van der Waals surface area (Å²) in [6.45, 7) is 6.27. The molecule has 0 bridgehead atoms. The molecule has 1 amide bonds. The van der Waals surface area contributed by atoms with Gasteiger partial charge in [0.2, 0.25) is 0 Å². The minimum Gasteiger partial charge on any atom is -0.507 e. The van der Waals surface area contributed by atoms with Gasteiger partial charge < -0.3 is 15.3 Å². The van der Waals surface area contributed by atoms with Crippen LogP contribution in [0.2, 0.25) is 0 Å². The van der Waals surface area contributed by atoms with Gasteiger partial charge in [0.25, 0.3) is 5.91 Å². The molecule has 0 aromatic heterocycles. The quantitative estimate of drug-likeness (QED) is 0.862. The number of hydrogen-bond acceptors (Lipinski definition) is 3. The Balaban J connectivity index is 1.92. The highest BCUT2D eigenvalue weighted by molar-refractivity contribution is 5.96. The molecule has 2 N–H and O–H groups in total. The van der Waals surface area contributed by atoms with E-state index in [0.29, 0.717) is 12.1 Å². The van der Waals surface area contributed by atoms with Crippen molar-refractivity contribution in [2.24, 2.45) is 0 Å². The number of phenols is 1. The molecule has 2 aromatic carbocycles. The first kappa shape index (κ1) is 15.9. The van der Waals surface area contributed by atoms with Gasteiger partial charge in [-0.15, -0.1) is 0 Å². The van der Waals surface area contributed by atoms with Crippen LogP contribution in [0.25, 0.3) is 0 Å². The summed E-state index contributed by atoms with van der Waals surface area (Å²) in [5, 5.41) is 12.5. The van der Waals surface area contributed by atoms with Gasteiger partial charge in [0.1, 0.15) is 5.75 Å². The van der Waals surface area contributed by atoms with Crippen LogP contribution in [-0.4, -0.2) is 30.6 Å². The lowest BCUT2D eigenvalue weighted by molar-refractivity contribution is 0.0952. The number of aromatic hydroxyl groups is 1. The Bertz CT molecular complexity index is 640. The van der Waals surface area contributed by atoms with Gasteiger partial charge in [0, 0.05) is 25.3 Å². The van der Waals surface area contributed by atoms with Crippen molar-refractivity contribution >= 4 is 11.6 Å². The Labute approximate surface area is 131 Å². The molecule has 0 spiro atoms. The number of carbonyl (C=O) groups excluding carboxylic acids is 1. The number of amides is 1. The van der Waals surface area contributed by atoms with E-state index in [1.54, 1.807) is 18.2 Å². The van der Waals surface area contributed by atoms with Crippen molar-refractivity contribution in [3.05, 3.63) is 59.7 Å². The lowest BCUT2D eigenvalue weighted by Gasteiger charge is -2.23. The van der Waals surface area contributed by atoms with Crippen molar-refractivity contribution in [2.45, 2.75) is 13.8 Å². The number of benzene rings is 2. The second-order valence-electron chi connectivity index (χ2n) is 5.19. The van der Waals surface area contributed by atoms with E-state index in [9.17, 15) is 9.90 Å². The molecule has 0 aliphatic heterocycles. The third kappa shape index (κ3) is 4.01. The fraction of sp³-hybridized carbons (Fsp3) is 0.278. The predicted octanol–water partition coefficient (Wildman–Crippen LogP) is 2.96. The largest absolute Gasteiger partial charge is 0.507 e. The summed E-state index contributed by atoms with van der Waals surface area (Å²) in [6.07, 6.45) is 0. The van der Waals surface area contributed by atoms with E-state index in [1.807, 2.05) is 6.07 Å². The summed E-state index contributed by atoms with van der Waals surface area (Å²) in [5.74, 6) is -0.246. The summed E-state index contributed by atoms with van der Waals surface area (Å²) in [5.41, 5.74) is 2.68. The van der Waals surface area contributed by atoms with Crippen LogP contribution in [0, 0.1) is 6.92 Å². The molecule has 4 nitrogen and oxygen atoms in total. The number of hydrogen-bond donors (Lipinski definition) is 2. The molecule has 22 heavy (non-hydrogen) atoms. The Kier molecular flexibility index (Phi) is 5.42. The number of rotatable bonds is 6. The number of phenolic OH excluding ortho intramolecular Hbond substituents is 1. The summed E-state index contributed by atoms with van der Waals surface area (Å²) in [7, 11) is 0. The summed E-state index contributed by atoms with van der Waals surface area (Å²) < 4.78 is 0. The minimum atomic E-state index is -0.251. The normalized spacial score (nSPS) is 10.3. The molecular weight excluding hydrogens is 276 g/mol. The first-order valence-corrected chi connectivity index (χ1v) is 7.49. The number of nitrogens with one attached hydrogen (secondary N) is 1. The van der Waals surface area contributed by atoms with Crippen molar-refractivity contribution in [1.82, 2.24) is 5.32 Å². The molecule has 116 valence electrons. The maximum Gasteiger partial charge on any atom is 0.255 e. The van der Waals surface area contributed by atoms with Gasteiger partial charge in [-0.25, -0.2) is 0 Å². The van der Waals surface area contributed by atoms with E-state index in [4.69, 9.17) is 0 Å². The number of carbonyl (C=O) groups is 1. The third-order valence-corrected chi connectivity index (χ3v) is 3.56. The highest BCUT2D eigenvalue weighted by Gasteiger charge is 2.10. The highest BCUT2D eigenvalue weighted by atomic mass is 16.3. The molecule has 0 atom stereocenters. The molecular formula is C18H22N2O2. The second kappa shape index (κ2) is 7.50. The van der Waals surface area contributed by atoms with Gasteiger partial charge in [0.05, 0.1) is 5.56 Å². The lowest BCUT2D eigenvalue weighted by atomic mass is 10.2. The van der Waals surface area contributed by atoms with Gasteiger partial charge in [-0.2, -0.15) is 0 Å². The SMILES string of the molecule is CCN(CCNC(=O)c1ccccc1O)c1cccc(C)c1. The smallest absolute Gasteiger partial charge is 0.255 e. The molecule has 0 aliphatic carbocycles. The van der Waals surface area contributed by atoms with E-state index >= 15 is 0 Å². The van der Waals surface area contributed by atoms with Gasteiger partial charge in [-0.05, 0) is 43.7 Å². The first-order chi connectivity index (χ1) is 10.6. The maximum absolute atomic E-state index is 12.0. The van der Waals surface area contributed by atoms with Crippen LogP contribution in [0.3, 0.4) is 0 Å². The Morgan fingerprint density at radius 2 is 1.95 bits per heavy atom. The fourth-order valence-corrected chi connectivity index (χ4v) is 2.36. The molecule has 0 unspecified atom stereocenters. The standard InChI is InChI=1S/C18H22N2O2/c1-3-20(15-8-6-7-14(2)13-15)12-11-19-18(22)16-9-4-5-10-17(16)21/h4-10,13,21H,3,11-12H2,1-2H3,(H,19,22). The molecule has 0 radical (unpaired) electrons. The van der Waals surface area contributed by atoms with Gasteiger partial charge in [-0.1, -0.05) is 24.3 Å². The third-order valence-electron chi connectivity index (χ3n) is 3.56. The van der Waals surface area contributed by atoms with Gasteiger partial charge in [-0.3, -0.25) is 4.79 Å². The monoisotopic (exact) mass is 298 g/mol. The van der Waals surface area contributed by atoms with E-state index in [-0.39, 0.29) is 11.7 Å². The van der Waals surface area contributed by atoms with Crippen LogP contribution >= 0.6 is 0 Å². The molecule has 2 aromatic rings. The van der Waals surface area contributed by atoms with E-state index in [0.717, 1.165) is 18.8 Å². The van der Waals surface area contributed by atoms with Crippen LogP contribution in [0.4, 0.5) is 5.69 Å². The van der Waals surface area contributed by atoms with Crippen LogP contribution in [0.5, 0.6) is 5.75 Å². The topological polar surface area (TPSA) is 52.6 Å². The minimum absolute atomic E-state index is 0.00559. The van der Waals surface area contributed by atoms with E-state index < -0.39 is 0 Å². The maximum atomic E-state index is 12.0. The van der Waals surface area contributed by atoms with Gasteiger partial charge >= 0.3 is 0 Å². The van der Waals surface area contributed by atoms with E-state index in [2.05, 4.69) is 42.3 Å². The Morgan fingerprint density at radius 1 is 1.18 bits per heavy atom. The second-order valence-corrected chi connectivity index (χ2v) is 5.19. The van der Waals surface area contributed by atoms with Crippen molar-refractivity contribution < 1.29 is 9.90 Å². The molecule has 0 heterocycles. The van der Waals surface area contributed by atoms with Crippen LogP contribution in [0.15, 0.2) is 48.5 Å². The van der Waals surface area contributed by atoms with Crippen molar-refractivity contribution in [2.75, 3.05) is 24.5 Å². The number of aryl methyl sites for hydroxylation is 1. The Hall–Kier alpha value is -2.49. The zero-order valence-corrected chi connectivity index (χ0v) is 13.0. The summed E-state index contributed by atoms with van der Waals surface area (Å²) >= 11 is 0. The van der Waals surface area contributed by atoms with Crippen LogP contribution < -0.4 is 10.2 Å². The molecule has 0 saturated carbocycles.